The Morgan fingerprint density at radius 1 is 1.24 bits per heavy atom. The van der Waals surface area contributed by atoms with Crippen molar-refractivity contribution in [1.82, 2.24) is 14.5 Å². The first-order chi connectivity index (χ1) is 14.0. The molecule has 29 heavy (non-hydrogen) atoms. The lowest BCUT2D eigenvalue weighted by atomic mass is 10.1. The van der Waals surface area contributed by atoms with Crippen LogP contribution < -0.4 is 15.6 Å². The minimum atomic E-state index is -0.203. The zero-order valence-corrected chi connectivity index (χ0v) is 17.1. The summed E-state index contributed by atoms with van der Waals surface area (Å²) in [5.41, 5.74) is 4.16. The number of anilines is 1. The Balaban J connectivity index is 1.66. The SMILES string of the molecule is COc1cc2[nH]c(=O)c(C(C)Nc3cccc(-c4cncn4C)c3)cc2cc1Cl. The Bertz CT molecular complexity index is 1250. The average molecular weight is 409 g/mol. The largest absolute Gasteiger partial charge is 0.495 e. The number of rotatable bonds is 5. The highest BCUT2D eigenvalue weighted by Gasteiger charge is 2.13. The van der Waals surface area contributed by atoms with Crippen molar-refractivity contribution < 1.29 is 4.74 Å². The molecule has 1 atom stereocenters. The van der Waals surface area contributed by atoms with E-state index >= 15 is 0 Å². The summed E-state index contributed by atoms with van der Waals surface area (Å²) in [6.07, 6.45) is 3.60. The monoisotopic (exact) mass is 408 g/mol. The molecule has 4 aromatic rings. The van der Waals surface area contributed by atoms with Crippen LogP contribution in [0.2, 0.25) is 5.02 Å². The van der Waals surface area contributed by atoms with Crippen LogP contribution in [-0.4, -0.2) is 21.6 Å². The van der Waals surface area contributed by atoms with E-state index in [4.69, 9.17) is 16.3 Å². The van der Waals surface area contributed by atoms with Gasteiger partial charge in [-0.15, -0.1) is 0 Å². The van der Waals surface area contributed by atoms with E-state index < -0.39 is 0 Å². The molecule has 0 radical (unpaired) electrons. The molecule has 0 amide bonds. The molecule has 7 heteroatoms. The fourth-order valence-corrected chi connectivity index (χ4v) is 3.68. The molecule has 1 unspecified atom stereocenters. The highest BCUT2D eigenvalue weighted by atomic mass is 35.5. The van der Waals surface area contributed by atoms with Crippen molar-refractivity contribution in [1.29, 1.82) is 0 Å². The first kappa shape index (κ1) is 19.1. The zero-order chi connectivity index (χ0) is 20.5. The number of aryl methyl sites for hydroxylation is 1. The van der Waals surface area contributed by atoms with Crippen molar-refractivity contribution in [3.8, 4) is 17.0 Å². The van der Waals surface area contributed by atoms with Crippen LogP contribution in [0.3, 0.4) is 0 Å². The van der Waals surface area contributed by atoms with Crippen LogP contribution in [0.1, 0.15) is 18.5 Å². The maximum Gasteiger partial charge on any atom is 0.253 e. The number of nitrogens with zero attached hydrogens (tertiary/aromatic N) is 2. The van der Waals surface area contributed by atoms with Crippen molar-refractivity contribution >= 4 is 28.2 Å². The number of pyridine rings is 1. The molecular weight excluding hydrogens is 388 g/mol. The number of benzene rings is 2. The Labute approximate surface area is 173 Å². The fourth-order valence-electron chi connectivity index (χ4n) is 3.43. The highest BCUT2D eigenvalue weighted by molar-refractivity contribution is 6.32. The van der Waals surface area contributed by atoms with Crippen LogP contribution in [-0.2, 0) is 7.05 Å². The van der Waals surface area contributed by atoms with Crippen molar-refractivity contribution in [2.24, 2.45) is 7.05 Å². The molecule has 6 nitrogen and oxygen atoms in total. The lowest BCUT2D eigenvalue weighted by molar-refractivity contribution is 0.415. The molecule has 0 bridgehead atoms. The van der Waals surface area contributed by atoms with E-state index in [0.29, 0.717) is 21.9 Å². The molecule has 2 N–H and O–H groups in total. The van der Waals surface area contributed by atoms with E-state index in [0.717, 1.165) is 22.3 Å². The third kappa shape index (κ3) is 3.71. The first-order valence-corrected chi connectivity index (χ1v) is 9.58. The van der Waals surface area contributed by atoms with Gasteiger partial charge in [-0.3, -0.25) is 4.79 Å². The predicted molar refractivity (Wildman–Crippen MR) is 117 cm³/mol. The van der Waals surface area contributed by atoms with Gasteiger partial charge in [0.2, 0.25) is 0 Å². The van der Waals surface area contributed by atoms with Crippen LogP contribution >= 0.6 is 11.6 Å². The molecule has 0 aliphatic heterocycles. The maximum absolute atomic E-state index is 12.7. The third-order valence-electron chi connectivity index (χ3n) is 4.97. The average Bonchev–Trinajstić information content (AvgIpc) is 3.13. The van der Waals surface area contributed by atoms with Gasteiger partial charge in [0.15, 0.2) is 0 Å². The molecular formula is C22H21ClN4O2. The minimum absolute atomic E-state index is 0.148. The summed E-state index contributed by atoms with van der Waals surface area (Å²) in [5.74, 6) is 0.528. The molecule has 4 rings (SSSR count). The summed E-state index contributed by atoms with van der Waals surface area (Å²) in [7, 11) is 3.50. The van der Waals surface area contributed by atoms with Crippen molar-refractivity contribution in [2.45, 2.75) is 13.0 Å². The van der Waals surface area contributed by atoms with E-state index in [9.17, 15) is 4.79 Å². The molecule has 0 aliphatic rings. The molecule has 0 saturated carbocycles. The minimum Gasteiger partial charge on any atom is -0.495 e. The topological polar surface area (TPSA) is 71.9 Å². The standard InChI is InChI=1S/C22H21ClN4O2/c1-13(25-16-6-4-5-14(7-16)20-11-24-12-27(20)2)17-8-15-9-18(23)21(29-3)10-19(15)26-22(17)28/h4-13,25H,1-3H3,(H,26,28). The van der Waals surface area contributed by atoms with E-state index in [2.05, 4.69) is 15.3 Å². The predicted octanol–water partition coefficient (Wildman–Crippen LogP) is 4.76. The second kappa shape index (κ2) is 7.64. The summed E-state index contributed by atoms with van der Waals surface area (Å²) < 4.78 is 7.19. The molecule has 0 aliphatic carbocycles. The van der Waals surface area contributed by atoms with Gasteiger partial charge in [-0.1, -0.05) is 23.7 Å². The van der Waals surface area contributed by atoms with Gasteiger partial charge in [-0.25, -0.2) is 4.98 Å². The lowest BCUT2D eigenvalue weighted by Gasteiger charge is -2.17. The van der Waals surface area contributed by atoms with Gasteiger partial charge in [0, 0.05) is 35.3 Å². The number of hydrogen-bond acceptors (Lipinski definition) is 4. The van der Waals surface area contributed by atoms with Crippen molar-refractivity contribution in [2.75, 3.05) is 12.4 Å². The van der Waals surface area contributed by atoms with E-state index in [1.54, 1.807) is 25.6 Å². The number of H-pyrrole nitrogens is 1. The number of halogens is 1. The van der Waals surface area contributed by atoms with Crippen LogP contribution in [0.4, 0.5) is 5.69 Å². The van der Waals surface area contributed by atoms with E-state index in [-0.39, 0.29) is 11.6 Å². The third-order valence-corrected chi connectivity index (χ3v) is 5.27. The van der Waals surface area contributed by atoms with Crippen molar-refractivity contribution in [3.05, 3.63) is 75.9 Å². The van der Waals surface area contributed by atoms with Gasteiger partial charge >= 0.3 is 0 Å². The molecule has 148 valence electrons. The lowest BCUT2D eigenvalue weighted by Crippen LogP contribution is -2.19. The van der Waals surface area contributed by atoms with Crippen LogP contribution in [0.25, 0.3) is 22.2 Å². The zero-order valence-electron chi connectivity index (χ0n) is 16.4. The molecule has 2 heterocycles. The van der Waals surface area contributed by atoms with Crippen LogP contribution in [0.5, 0.6) is 5.75 Å². The van der Waals surface area contributed by atoms with Gasteiger partial charge in [0.05, 0.1) is 41.9 Å². The highest BCUT2D eigenvalue weighted by Crippen LogP contribution is 2.30. The Kier molecular flexibility index (Phi) is 5.03. The van der Waals surface area contributed by atoms with Gasteiger partial charge in [-0.05, 0) is 31.2 Å². The molecule has 0 fully saturated rings. The van der Waals surface area contributed by atoms with E-state index in [1.807, 2.05) is 55.1 Å². The number of hydrogen-bond donors (Lipinski definition) is 2. The number of nitrogens with one attached hydrogen (secondary N) is 2. The maximum atomic E-state index is 12.7. The quantitative estimate of drug-likeness (QED) is 0.499. The molecule has 0 saturated heterocycles. The second-order valence-corrected chi connectivity index (χ2v) is 7.37. The molecule has 0 spiro atoms. The summed E-state index contributed by atoms with van der Waals surface area (Å²) in [6.45, 7) is 1.96. The Morgan fingerprint density at radius 2 is 2.07 bits per heavy atom. The summed E-state index contributed by atoms with van der Waals surface area (Å²) in [4.78, 5) is 19.8. The number of imidazole rings is 1. The summed E-state index contributed by atoms with van der Waals surface area (Å²) >= 11 is 6.24. The smallest absolute Gasteiger partial charge is 0.253 e. The molecule has 2 aromatic heterocycles. The number of methoxy groups -OCH3 is 1. The fraction of sp³-hybridized carbons (Fsp3) is 0.182. The Morgan fingerprint density at radius 3 is 2.79 bits per heavy atom. The van der Waals surface area contributed by atoms with Gasteiger partial charge < -0.3 is 19.6 Å². The summed E-state index contributed by atoms with van der Waals surface area (Å²) in [5, 5.41) is 4.77. The Hall–Kier alpha value is -3.25. The molecule has 2 aromatic carbocycles. The summed E-state index contributed by atoms with van der Waals surface area (Å²) in [6, 6.07) is 13.2. The van der Waals surface area contributed by atoms with Gasteiger partial charge in [-0.2, -0.15) is 0 Å². The second-order valence-electron chi connectivity index (χ2n) is 6.96. The first-order valence-electron chi connectivity index (χ1n) is 9.20. The van der Waals surface area contributed by atoms with E-state index in [1.165, 1.54) is 0 Å². The number of aromatic amines is 1. The number of aromatic nitrogens is 3. The van der Waals surface area contributed by atoms with Gasteiger partial charge in [0.25, 0.3) is 5.56 Å². The van der Waals surface area contributed by atoms with Gasteiger partial charge in [0.1, 0.15) is 5.75 Å². The normalized spacial score (nSPS) is 12.1. The number of ether oxygens (including phenoxy) is 1. The van der Waals surface area contributed by atoms with Crippen LogP contribution in [0, 0.1) is 0 Å². The van der Waals surface area contributed by atoms with Crippen LogP contribution in [0.15, 0.2) is 59.8 Å². The number of fused-ring (bicyclic) bond motifs is 1. The van der Waals surface area contributed by atoms with Crippen molar-refractivity contribution in [3.63, 3.8) is 0 Å².